The molecule has 0 saturated heterocycles. The molecule has 103 heavy (non-hydrogen) atoms. The molecule has 1 radical (unpaired) electrons. The number of H-pyrrole nitrogens is 1. The molecule has 27 nitrogen and oxygen atoms in total. The predicted octanol–water partition coefficient (Wildman–Crippen LogP) is 13.7. The van der Waals surface area contributed by atoms with Gasteiger partial charge in [0, 0.05) is 33.0 Å². The maximum atomic E-state index is 12.5. The van der Waals surface area contributed by atoms with Crippen LogP contribution in [-0.4, -0.2) is 63.4 Å². The Labute approximate surface area is 612 Å². The maximum absolute atomic E-state index is 12.5. The number of anilines is 3. The Hall–Kier alpha value is -12.2. The molecule has 12 aromatic rings. The van der Waals surface area contributed by atoms with E-state index in [1.807, 2.05) is 182 Å². The third-order valence-electron chi connectivity index (χ3n) is 13.3. The number of nitrogens with two attached hydrogens (primary N) is 3. The van der Waals surface area contributed by atoms with Crippen molar-refractivity contribution in [3.63, 3.8) is 0 Å². The van der Waals surface area contributed by atoms with Crippen molar-refractivity contribution >= 4 is 118 Å². The minimum atomic E-state index is -4.79. The molecule has 0 spiro atoms. The molecule has 2 heterocycles. The van der Waals surface area contributed by atoms with E-state index in [0.717, 1.165) is 63.1 Å². The second kappa shape index (κ2) is 37.8. The summed E-state index contributed by atoms with van der Waals surface area (Å²) in [7, 11) is -9.57. The number of nitrogens with one attached hydrogen (secondary N) is 4. The van der Waals surface area contributed by atoms with E-state index >= 15 is 0 Å². The number of nitrogens with zero attached hydrogens (tertiary/aromatic N) is 10. The molecular formula is C71H62Cl2CrN17O10S2. The van der Waals surface area contributed by atoms with Crippen LogP contribution in [0.5, 0.6) is 17.4 Å². The fourth-order valence-electron chi connectivity index (χ4n) is 8.64. The summed E-state index contributed by atoms with van der Waals surface area (Å²) >= 11 is 11.5. The van der Waals surface area contributed by atoms with E-state index in [2.05, 4.69) is 61.6 Å². The molecule has 523 valence electrons. The molecule has 0 aliphatic carbocycles. The second-order valence-electron chi connectivity index (χ2n) is 20.9. The Morgan fingerprint density at radius 1 is 0.456 bits per heavy atom. The summed E-state index contributed by atoms with van der Waals surface area (Å²) in [5.41, 5.74) is 22.8. The number of benzene rings is 10. The molecule has 0 atom stereocenters. The predicted molar refractivity (Wildman–Crippen MR) is 392 cm³/mol. The zero-order valence-corrected chi connectivity index (χ0v) is 58.7. The number of para-hydroxylation sites is 8. The van der Waals surface area contributed by atoms with Crippen molar-refractivity contribution in [3.05, 3.63) is 299 Å². The Morgan fingerprint density at radius 3 is 1.09 bits per heavy atom. The van der Waals surface area contributed by atoms with E-state index in [1.165, 1.54) is 11.6 Å². The van der Waals surface area contributed by atoms with Gasteiger partial charge in [0.1, 0.15) is 5.69 Å². The molecular weight excluding hydrogens is 1440 g/mol. The fourth-order valence-corrected chi connectivity index (χ4v) is 10.4. The quantitative estimate of drug-likeness (QED) is 0.0211. The third kappa shape index (κ3) is 24.0. The van der Waals surface area contributed by atoms with Crippen LogP contribution in [-0.2, 0) is 37.6 Å². The molecule has 0 unspecified atom stereocenters. The standard InChI is InChI=1S/2C16H13ClN4O5S.3C13H13N3.Cr/c2*1-9-14(16(23)21(20-9)11-5-3-2-4-6-11)19-18-12-7-10(17)8-13(15(12)22)27(24,25)26;3*14-13(15-11-7-3-1-4-8-11)16-12-9-5-2-6-10-12;/h2-8,22-23H,1H3,(H,24,25,26);2-8,20,22H,1H3,(H,24,25,26);3*1-10H,(H3,14,15,16);/q;;;;;+3/p-3. The van der Waals surface area contributed by atoms with Gasteiger partial charge in [0.15, 0.2) is 23.6 Å². The van der Waals surface area contributed by atoms with Gasteiger partial charge in [-0.3, -0.25) is 19.0 Å². The number of guanidine groups is 3. The average molecular weight is 1500 g/mol. The Bertz CT molecular complexity index is 4990. The zero-order valence-electron chi connectivity index (χ0n) is 54.2. The number of rotatable bonds is 14. The van der Waals surface area contributed by atoms with E-state index < -0.39 is 64.3 Å². The van der Waals surface area contributed by atoms with Gasteiger partial charge in [-0.05, 0) is 135 Å². The van der Waals surface area contributed by atoms with Crippen LogP contribution in [0, 0.1) is 13.8 Å². The van der Waals surface area contributed by atoms with E-state index in [4.69, 9.17) is 49.5 Å². The molecule has 0 bridgehead atoms. The van der Waals surface area contributed by atoms with Gasteiger partial charge in [-0.25, -0.2) is 24.3 Å². The second-order valence-corrected chi connectivity index (χ2v) is 24.5. The molecule has 12 rings (SSSR count). The van der Waals surface area contributed by atoms with Crippen LogP contribution in [0.3, 0.4) is 0 Å². The van der Waals surface area contributed by atoms with E-state index in [-0.39, 0.29) is 44.5 Å². The number of aromatic amines is 1. The van der Waals surface area contributed by atoms with Crippen molar-refractivity contribution in [3.8, 4) is 28.8 Å². The first-order valence-corrected chi connectivity index (χ1v) is 33.7. The van der Waals surface area contributed by atoms with Gasteiger partial charge in [0.05, 0.1) is 61.0 Å². The average Bonchev–Trinajstić information content (AvgIpc) is 1.79. The summed E-state index contributed by atoms with van der Waals surface area (Å²) in [6.07, 6.45) is 0. The molecule has 32 heteroatoms. The van der Waals surface area contributed by atoms with Crippen LogP contribution in [0.2, 0.25) is 10.0 Å². The first-order valence-electron chi connectivity index (χ1n) is 30.0. The Balaban J connectivity index is 0.000000184. The molecule has 0 aliphatic rings. The number of azo groups is 2. The number of halogens is 2. The largest absolute Gasteiger partial charge is 3.00 e. The van der Waals surface area contributed by atoms with Gasteiger partial charge in [-0.1, -0.05) is 180 Å². The van der Waals surface area contributed by atoms with E-state index in [9.17, 15) is 36.9 Å². The molecule has 0 saturated carbocycles. The van der Waals surface area contributed by atoms with E-state index in [0.29, 0.717) is 34.9 Å². The summed E-state index contributed by atoms with van der Waals surface area (Å²) in [6.45, 7) is 3.13. The van der Waals surface area contributed by atoms with Crippen LogP contribution >= 0.6 is 23.2 Å². The molecule has 0 aliphatic heterocycles. The Kier molecular flexibility index (Phi) is 28.7. The van der Waals surface area contributed by atoms with Gasteiger partial charge in [-0.15, -0.1) is 10.2 Å². The number of aryl methyl sites for hydroxylation is 2. The number of aliphatic imine (C=N–C) groups is 3. The van der Waals surface area contributed by atoms with Crippen molar-refractivity contribution in [1.29, 1.82) is 0 Å². The number of hydrogen-bond acceptors (Lipinski definition) is 16. The van der Waals surface area contributed by atoms with Crippen molar-refractivity contribution in [2.75, 3.05) is 16.0 Å². The molecule has 0 fully saturated rings. The number of hydrogen-bond donors (Lipinski definition) is 9. The van der Waals surface area contributed by atoms with Crippen LogP contribution in [0.25, 0.3) is 11.4 Å². The number of aromatic nitrogens is 4. The Morgan fingerprint density at radius 2 is 0.757 bits per heavy atom. The monoisotopic (exact) mass is 1500 g/mol. The zero-order chi connectivity index (χ0) is 73.2. The first-order chi connectivity index (χ1) is 48.9. The fraction of sp³-hybridized carbons (Fsp3) is 0.0282. The van der Waals surface area contributed by atoms with Gasteiger partial charge in [0.25, 0.3) is 25.8 Å². The molecule has 0 amide bonds. The van der Waals surface area contributed by atoms with Gasteiger partial charge in [0.2, 0.25) is 0 Å². The van der Waals surface area contributed by atoms with Gasteiger partial charge >= 0.3 is 17.4 Å². The van der Waals surface area contributed by atoms with Crippen LogP contribution in [0.15, 0.2) is 317 Å². The smallest absolute Gasteiger partial charge is 0.870 e. The topological polar surface area (TPSA) is 434 Å². The van der Waals surface area contributed by atoms with Crippen molar-refractivity contribution < 1.29 is 58.6 Å². The third-order valence-corrected chi connectivity index (χ3v) is 15.4. The SMILES string of the molecule is Cc1[nH]n(-c2ccccc2)c(=O)c1N=Nc1cc(Cl)cc(S(=O)(=O)O)c1[O-].Cc1nn(-c2ccccc2)c([O-])c1N=Nc1cc(Cl)cc(S(=O)(=O)O)c1[O-].NC(=Nc1ccccc1)Nc1ccccc1.NC(=Nc1ccccc1)Nc1ccccc1.NC(=Nc1ccccc1)Nc1ccccc1.[Cr+3]. The van der Waals surface area contributed by atoms with E-state index in [1.54, 1.807) is 67.6 Å². The minimum absolute atomic E-state index is 0. The van der Waals surface area contributed by atoms with Crippen LogP contribution < -0.4 is 54.0 Å². The van der Waals surface area contributed by atoms with Gasteiger partial charge in [-0.2, -0.15) is 32.2 Å². The molecule has 2 aromatic heterocycles. The maximum Gasteiger partial charge on any atom is 3.00 e. The van der Waals surface area contributed by atoms with Crippen molar-refractivity contribution in [2.24, 2.45) is 52.6 Å². The summed E-state index contributed by atoms with van der Waals surface area (Å²) in [6, 6.07) is 79.1. The summed E-state index contributed by atoms with van der Waals surface area (Å²) < 4.78 is 65.6. The molecule has 12 N–H and O–H groups in total. The first kappa shape index (κ1) is 78.1. The normalized spacial score (nSPS) is 11.5. The minimum Gasteiger partial charge on any atom is -0.870 e. The van der Waals surface area contributed by atoms with Crippen molar-refractivity contribution in [2.45, 2.75) is 23.6 Å². The summed E-state index contributed by atoms with van der Waals surface area (Å²) in [5, 5.41) is 67.3. The summed E-state index contributed by atoms with van der Waals surface area (Å²) in [5.74, 6) is -1.58. The van der Waals surface area contributed by atoms with Crippen LogP contribution in [0.1, 0.15) is 11.4 Å². The molecule has 10 aromatic carbocycles. The summed E-state index contributed by atoms with van der Waals surface area (Å²) in [4.78, 5) is 23.4. The van der Waals surface area contributed by atoms with Gasteiger partial charge < -0.3 is 48.5 Å². The van der Waals surface area contributed by atoms with Crippen molar-refractivity contribution in [1.82, 2.24) is 19.6 Å². The van der Waals surface area contributed by atoms with Crippen LogP contribution in [0.4, 0.5) is 56.9 Å².